The number of rotatable bonds is 6. The second-order valence-corrected chi connectivity index (χ2v) is 6.66. The third-order valence-electron chi connectivity index (χ3n) is 4.72. The molecule has 0 unspecified atom stereocenters. The fraction of sp³-hybridized carbons (Fsp3) is 0.318. The Kier molecular flexibility index (Phi) is 6.27. The van der Waals surface area contributed by atoms with Gasteiger partial charge >= 0.3 is 0 Å². The lowest BCUT2D eigenvalue weighted by molar-refractivity contribution is -0.111. The first-order valence-corrected chi connectivity index (χ1v) is 9.18. The second kappa shape index (κ2) is 9.07. The van der Waals surface area contributed by atoms with Crippen molar-refractivity contribution in [3.05, 3.63) is 66.2 Å². The lowest BCUT2D eigenvalue weighted by Gasteiger charge is -2.23. The van der Waals surface area contributed by atoms with Gasteiger partial charge in [-0.15, -0.1) is 0 Å². The van der Waals surface area contributed by atoms with Gasteiger partial charge < -0.3 is 10.6 Å². The largest absolute Gasteiger partial charge is 0.383 e. The smallest absolute Gasteiger partial charge is 0.248 e. The topological polar surface area (TPSA) is 41.1 Å². The van der Waals surface area contributed by atoms with Crippen LogP contribution < -0.4 is 10.6 Å². The molecule has 25 heavy (non-hydrogen) atoms. The Bertz CT molecular complexity index is 703. The highest BCUT2D eigenvalue weighted by Crippen LogP contribution is 2.26. The molecular formula is C22H26N2O. The van der Waals surface area contributed by atoms with E-state index in [1.807, 2.05) is 60.7 Å². The van der Waals surface area contributed by atoms with E-state index in [2.05, 4.69) is 10.6 Å². The highest BCUT2D eigenvalue weighted by Gasteiger charge is 2.13. The Balaban J connectivity index is 1.58. The first-order valence-electron chi connectivity index (χ1n) is 9.18. The van der Waals surface area contributed by atoms with Crippen LogP contribution in [0.2, 0.25) is 0 Å². The molecule has 0 saturated heterocycles. The maximum atomic E-state index is 12.2. The van der Waals surface area contributed by atoms with Crippen molar-refractivity contribution in [2.45, 2.75) is 32.1 Å². The molecule has 130 valence electrons. The summed E-state index contributed by atoms with van der Waals surface area (Å²) in [5.74, 6) is 0.631. The van der Waals surface area contributed by atoms with Crippen molar-refractivity contribution in [3.63, 3.8) is 0 Å². The summed E-state index contributed by atoms with van der Waals surface area (Å²) in [6.45, 7) is 0.979. The van der Waals surface area contributed by atoms with Gasteiger partial charge in [0.2, 0.25) is 5.91 Å². The van der Waals surface area contributed by atoms with Crippen LogP contribution in [0.5, 0.6) is 0 Å². The molecular weight excluding hydrogens is 308 g/mol. The van der Waals surface area contributed by atoms with Gasteiger partial charge in [-0.3, -0.25) is 4.79 Å². The number of hydrogen-bond donors (Lipinski definition) is 2. The maximum absolute atomic E-state index is 12.2. The second-order valence-electron chi connectivity index (χ2n) is 6.66. The van der Waals surface area contributed by atoms with Crippen molar-refractivity contribution in [2.24, 2.45) is 5.92 Å². The van der Waals surface area contributed by atoms with Crippen LogP contribution >= 0.6 is 0 Å². The van der Waals surface area contributed by atoms with Crippen LogP contribution in [0.15, 0.2) is 60.7 Å². The van der Waals surface area contributed by atoms with Crippen LogP contribution in [-0.4, -0.2) is 12.5 Å². The van der Waals surface area contributed by atoms with Crippen molar-refractivity contribution in [2.75, 3.05) is 17.2 Å². The summed E-state index contributed by atoms with van der Waals surface area (Å²) in [5.41, 5.74) is 2.84. The van der Waals surface area contributed by atoms with Gasteiger partial charge in [0.25, 0.3) is 0 Å². The van der Waals surface area contributed by atoms with E-state index in [0.717, 1.165) is 29.4 Å². The maximum Gasteiger partial charge on any atom is 0.248 e. The Morgan fingerprint density at radius 1 is 0.920 bits per heavy atom. The van der Waals surface area contributed by atoms with Gasteiger partial charge in [-0.1, -0.05) is 61.7 Å². The molecule has 3 nitrogen and oxygen atoms in total. The first-order chi connectivity index (χ1) is 12.3. The lowest BCUT2D eigenvalue weighted by Crippen LogP contribution is -2.18. The number of carbonyl (C=O) groups is 1. The average Bonchev–Trinajstić information content (AvgIpc) is 2.67. The van der Waals surface area contributed by atoms with Crippen molar-refractivity contribution >= 4 is 23.4 Å². The van der Waals surface area contributed by atoms with Gasteiger partial charge in [-0.2, -0.15) is 0 Å². The van der Waals surface area contributed by atoms with Crippen LogP contribution in [0.1, 0.15) is 37.7 Å². The Morgan fingerprint density at radius 2 is 1.60 bits per heavy atom. The van der Waals surface area contributed by atoms with E-state index in [1.165, 1.54) is 32.1 Å². The van der Waals surface area contributed by atoms with E-state index in [4.69, 9.17) is 0 Å². The predicted molar refractivity (Wildman–Crippen MR) is 106 cm³/mol. The van der Waals surface area contributed by atoms with Crippen LogP contribution in [-0.2, 0) is 4.79 Å². The summed E-state index contributed by atoms with van der Waals surface area (Å²) >= 11 is 0. The lowest BCUT2D eigenvalue weighted by atomic mass is 9.89. The molecule has 0 bridgehead atoms. The predicted octanol–water partition coefficient (Wildman–Crippen LogP) is 5.33. The zero-order valence-electron chi connectivity index (χ0n) is 14.6. The molecule has 0 heterocycles. The monoisotopic (exact) mass is 334 g/mol. The summed E-state index contributed by atoms with van der Waals surface area (Å²) < 4.78 is 0. The molecule has 1 amide bonds. The SMILES string of the molecule is O=C(/C=C/c1ccccc1)Nc1ccccc1NCC1CCCCC1. The molecule has 0 radical (unpaired) electrons. The van der Waals surface area contributed by atoms with E-state index >= 15 is 0 Å². The number of para-hydroxylation sites is 2. The zero-order chi connectivity index (χ0) is 17.3. The molecule has 0 aromatic heterocycles. The van der Waals surface area contributed by atoms with Crippen molar-refractivity contribution < 1.29 is 4.79 Å². The molecule has 3 rings (SSSR count). The van der Waals surface area contributed by atoms with Gasteiger partial charge in [0.15, 0.2) is 0 Å². The summed E-state index contributed by atoms with van der Waals surface area (Å²) in [5, 5.41) is 6.50. The molecule has 1 fully saturated rings. The van der Waals surface area contributed by atoms with E-state index in [-0.39, 0.29) is 5.91 Å². The minimum Gasteiger partial charge on any atom is -0.383 e. The van der Waals surface area contributed by atoms with Gasteiger partial charge in [-0.05, 0) is 42.5 Å². The van der Waals surface area contributed by atoms with Crippen LogP contribution in [0.3, 0.4) is 0 Å². The molecule has 3 heteroatoms. The molecule has 2 aromatic carbocycles. The van der Waals surface area contributed by atoms with Gasteiger partial charge in [-0.25, -0.2) is 0 Å². The number of anilines is 2. The van der Waals surface area contributed by atoms with E-state index in [9.17, 15) is 4.79 Å². The van der Waals surface area contributed by atoms with Crippen molar-refractivity contribution in [3.8, 4) is 0 Å². The molecule has 0 aliphatic heterocycles. The van der Waals surface area contributed by atoms with E-state index in [1.54, 1.807) is 6.08 Å². The first kappa shape index (κ1) is 17.3. The fourth-order valence-electron chi connectivity index (χ4n) is 3.30. The minimum atomic E-state index is -0.115. The summed E-state index contributed by atoms with van der Waals surface area (Å²) in [7, 11) is 0. The summed E-state index contributed by atoms with van der Waals surface area (Å²) in [6.07, 6.45) is 10.1. The number of amides is 1. The molecule has 1 aliphatic carbocycles. The number of carbonyl (C=O) groups excluding carboxylic acids is 1. The Hall–Kier alpha value is -2.55. The number of hydrogen-bond acceptors (Lipinski definition) is 2. The number of nitrogens with one attached hydrogen (secondary N) is 2. The normalized spacial score (nSPS) is 15.2. The zero-order valence-corrected chi connectivity index (χ0v) is 14.6. The van der Waals surface area contributed by atoms with Crippen LogP contribution in [0.4, 0.5) is 11.4 Å². The molecule has 2 aromatic rings. The van der Waals surface area contributed by atoms with Crippen molar-refractivity contribution in [1.82, 2.24) is 0 Å². The average molecular weight is 334 g/mol. The van der Waals surface area contributed by atoms with Crippen LogP contribution in [0.25, 0.3) is 6.08 Å². The van der Waals surface area contributed by atoms with Gasteiger partial charge in [0, 0.05) is 12.6 Å². The van der Waals surface area contributed by atoms with Crippen molar-refractivity contribution in [1.29, 1.82) is 0 Å². The highest BCUT2D eigenvalue weighted by molar-refractivity contribution is 6.03. The fourth-order valence-corrected chi connectivity index (χ4v) is 3.30. The summed E-state index contributed by atoms with van der Waals surface area (Å²) in [6, 6.07) is 17.8. The van der Waals surface area contributed by atoms with E-state index in [0.29, 0.717) is 0 Å². The quantitative estimate of drug-likeness (QED) is 0.701. The standard InChI is InChI=1S/C22H26N2O/c25-22(16-15-18-9-3-1-4-10-18)24-21-14-8-7-13-20(21)23-17-19-11-5-2-6-12-19/h1,3-4,7-10,13-16,19,23H,2,5-6,11-12,17H2,(H,24,25)/b16-15+. The Labute approximate surface area is 150 Å². The Morgan fingerprint density at radius 3 is 2.36 bits per heavy atom. The molecule has 1 aliphatic rings. The number of benzene rings is 2. The highest BCUT2D eigenvalue weighted by atomic mass is 16.1. The minimum absolute atomic E-state index is 0.115. The molecule has 0 atom stereocenters. The molecule has 1 saturated carbocycles. The third kappa shape index (κ3) is 5.49. The molecule has 2 N–H and O–H groups in total. The van der Waals surface area contributed by atoms with E-state index < -0.39 is 0 Å². The van der Waals surface area contributed by atoms with Gasteiger partial charge in [0.1, 0.15) is 0 Å². The molecule has 0 spiro atoms. The third-order valence-corrected chi connectivity index (χ3v) is 4.72. The van der Waals surface area contributed by atoms with Crippen LogP contribution in [0, 0.1) is 5.92 Å². The van der Waals surface area contributed by atoms with Gasteiger partial charge in [0.05, 0.1) is 11.4 Å². The summed E-state index contributed by atoms with van der Waals surface area (Å²) in [4.78, 5) is 12.2.